The van der Waals surface area contributed by atoms with Gasteiger partial charge in [-0.15, -0.1) is 0 Å². The molecule has 1 saturated carbocycles. The van der Waals surface area contributed by atoms with Crippen LogP contribution in [-0.2, 0) is 6.42 Å². The molecule has 1 unspecified atom stereocenters. The van der Waals surface area contributed by atoms with Crippen molar-refractivity contribution in [2.75, 3.05) is 6.61 Å². The van der Waals surface area contributed by atoms with Crippen molar-refractivity contribution in [1.29, 1.82) is 0 Å². The van der Waals surface area contributed by atoms with E-state index in [-0.39, 0.29) is 6.04 Å². The Morgan fingerprint density at radius 2 is 2.00 bits per heavy atom. The molecule has 2 aromatic carbocycles. The average Bonchev–Trinajstić information content (AvgIpc) is 3.30. The molecule has 1 aliphatic carbocycles. The van der Waals surface area contributed by atoms with Crippen LogP contribution in [0.3, 0.4) is 0 Å². The number of hydrogen-bond donors (Lipinski definition) is 1. The van der Waals surface area contributed by atoms with Gasteiger partial charge in [0.15, 0.2) is 0 Å². The molecule has 3 rings (SSSR count). The van der Waals surface area contributed by atoms with Gasteiger partial charge in [-0.1, -0.05) is 37.3 Å². The molecule has 0 bridgehead atoms. The summed E-state index contributed by atoms with van der Waals surface area (Å²) >= 11 is 0. The fourth-order valence-corrected chi connectivity index (χ4v) is 2.56. The first-order valence-corrected chi connectivity index (χ1v) is 7.67. The van der Waals surface area contributed by atoms with Gasteiger partial charge in [0, 0.05) is 11.6 Å². The van der Waals surface area contributed by atoms with Crippen LogP contribution in [0.2, 0.25) is 0 Å². The number of ether oxygens (including phenoxy) is 1. The number of nitrogens with two attached hydrogens (primary N) is 1. The lowest BCUT2D eigenvalue weighted by molar-refractivity contribution is 0.296. The summed E-state index contributed by atoms with van der Waals surface area (Å²) in [6, 6.07) is 13.0. The van der Waals surface area contributed by atoms with Gasteiger partial charge in [-0.05, 0) is 48.4 Å². The summed E-state index contributed by atoms with van der Waals surface area (Å²) in [5.41, 5.74) is 7.45. The highest BCUT2D eigenvalue weighted by atomic mass is 16.5. The Bertz CT molecular complexity index is 589. The summed E-state index contributed by atoms with van der Waals surface area (Å²) in [4.78, 5) is 0. The van der Waals surface area contributed by atoms with Gasteiger partial charge in [-0.3, -0.25) is 0 Å². The van der Waals surface area contributed by atoms with Gasteiger partial charge in [0.05, 0.1) is 6.61 Å². The predicted octanol–water partition coefficient (Wildman–Crippen LogP) is 3.91. The molecule has 2 aromatic rings. The fraction of sp³-hybridized carbons (Fsp3) is 0.444. The van der Waals surface area contributed by atoms with E-state index >= 15 is 0 Å². The Hall–Kier alpha value is -1.54. The van der Waals surface area contributed by atoms with Crippen LogP contribution in [0.4, 0.5) is 0 Å². The van der Waals surface area contributed by atoms with Crippen LogP contribution in [0.25, 0.3) is 10.8 Å². The maximum Gasteiger partial charge on any atom is 0.123 e. The van der Waals surface area contributed by atoms with Crippen LogP contribution in [0.5, 0.6) is 5.75 Å². The van der Waals surface area contributed by atoms with Crippen LogP contribution in [-0.4, -0.2) is 12.6 Å². The van der Waals surface area contributed by atoms with Gasteiger partial charge in [-0.2, -0.15) is 0 Å². The smallest absolute Gasteiger partial charge is 0.123 e. The Morgan fingerprint density at radius 3 is 2.75 bits per heavy atom. The van der Waals surface area contributed by atoms with Crippen molar-refractivity contribution in [1.82, 2.24) is 0 Å². The number of benzene rings is 2. The third-order valence-corrected chi connectivity index (χ3v) is 4.16. The molecule has 0 aliphatic heterocycles. The quantitative estimate of drug-likeness (QED) is 0.863. The van der Waals surface area contributed by atoms with Crippen LogP contribution in [0, 0.1) is 5.92 Å². The van der Waals surface area contributed by atoms with Crippen LogP contribution in [0.15, 0.2) is 36.4 Å². The third kappa shape index (κ3) is 2.96. The topological polar surface area (TPSA) is 35.2 Å². The zero-order valence-corrected chi connectivity index (χ0v) is 12.1. The minimum absolute atomic E-state index is 0.198. The van der Waals surface area contributed by atoms with E-state index in [0.29, 0.717) is 0 Å². The van der Waals surface area contributed by atoms with Crippen molar-refractivity contribution >= 4 is 10.8 Å². The molecule has 0 spiro atoms. The van der Waals surface area contributed by atoms with E-state index in [1.54, 1.807) is 0 Å². The van der Waals surface area contributed by atoms with E-state index in [1.807, 2.05) is 0 Å². The van der Waals surface area contributed by atoms with E-state index in [0.717, 1.165) is 31.1 Å². The van der Waals surface area contributed by atoms with Crippen molar-refractivity contribution in [2.24, 2.45) is 11.7 Å². The summed E-state index contributed by atoms with van der Waals surface area (Å²) < 4.78 is 6.06. The summed E-state index contributed by atoms with van der Waals surface area (Å²) in [6.07, 6.45) is 4.51. The molecular formula is C18H23NO. The molecule has 1 fully saturated rings. The standard InChI is InChI=1S/C18H23NO/c1-2-15(19)11-17-16-6-4-3-5-14(16)9-10-18(17)20-12-13-7-8-13/h3-6,9-10,13,15H,2,7-8,11-12,19H2,1H3. The number of rotatable bonds is 6. The number of fused-ring (bicyclic) bond motifs is 1. The lowest BCUT2D eigenvalue weighted by Gasteiger charge is -2.17. The second-order valence-corrected chi connectivity index (χ2v) is 5.89. The van der Waals surface area contributed by atoms with Gasteiger partial charge in [0.25, 0.3) is 0 Å². The minimum atomic E-state index is 0.198. The molecule has 106 valence electrons. The van der Waals surface area contributed by atoms with Crippen molar-refractivity contribution in [2.45, 2.75) is 38.6 Å². The van der Waals surface area contributed by atoms with E-state index in [9.17, 15) is 0 Å². The molecule has 2 nitrogen and oxygen atoms in total. The monoisotopic (exact) mass is 269 g/mol. The first-order valence-electron chi connectivity index (χ1n) is 7.67. The Balaban J connectivity index is 1.95. The van der Waals surface area contributed by atoms with E-state index in [2.05, 4.69) is 43.3 Å². The first-order chi connectivity index (χ1) is 9.78. The third-order valence-electron chi connectivity index (χ3n) is 4.16. The van der Waals surface area contributed by atoms with Crippen molar-refractivity contribution in [3.63, 3.8) is 0 Å². The molecule has 1 atom stereocenters. The molecule has 0 radical (unpaired) electrons. The maximum atomic E-state index is 6.18. The first kappa shape index (κ1) is 13.4. The molecule has 0 amide bonds. The molecule has 2 heteroatoms. The molecule has 20 heavy (non-hydrogen) atoms. The zero-order chi connectivity index (χ0) is 13.9. The van der Waals surface area contributed by atoms with E-state index in [1.165, 1.54) is 29.2 Å². The van der Waals surface area contributed by atoms with Crippen molar-refractivity contribution in [3.8, 4) is 5.75 Å². The summed E-state index contributed by atoms with van der Waals surface area (Å²) in [7, 11) is 0. The predicted molar refractivity (Wildman–Crippen MR) is 84.1 cm³/mol. The Kier molecular flexibility index (Phi) is 3.93. The summed E-state index contributed by atoms with van der Waals surface area (Å²) in [6.45, 7) is 2.99. The van der Waals surface area contributed by atoms with Gasteiger partial charge in [-0.25, -0.2) is 0 Å². The highest BCUT2D eigenvalue weighted by Crippen LogP contribution is 2.33. The molecule has 0 saturated heterocycles. The van der Waals surface area contributed by atoms with Crippen LogP contribution >= 0.6 is 0 Å². The highest BCUT2D eigenvalue weighted by Gasteiger charge is 2.22. The molecule has 1 aliphatic rings. The summed E-state index contributed by atoms with van der Waals surface area (Å²) in [5.74, 6) is 1.80. The van der Waals surface area contributed by atoms with Crippen molar-refractivity contribution in [3.05, 3.63) is 42.0 Å². The van der Waals surface area contributed by atoms with Gasteiger partial charge in [0.1, 0.15) is 5.75 Å². The fourth-order valence-electron chi connectivity index (χ4n) is 2.56. The lowest BCUT2D eigenvalue weighted by atomic mass is 9.97. The molecule has 2 N–H and O–H groups in total. The van der Waals surface area contributed by atoms with Gasteiger partial charge >= 0.3 is 0 Å². The van der Waals surface area contributed by atoms with Crippen molar-refractivity contribution < 1.29 is 4.74 Å². The highest BCUT2D eigenvalue weighted by molar-refractivity contribution is 5.87. The molecular weight excluding hydrogens is 246 g/mol. The van der Waals surface area contributed by atoms with E-state index in [4.69, 9.17) is 10.5 Å². The summed E-state index contributed by atoms with van der Waals surface area (Å²) in [5, 5.41) is 2.55. The number of hydrogen-bond acceptors (Lipinski definition) is 2. The molecule has 0 aromatic heterocycles. The van der Waals surface area contributed by atoms with Gasteiger partial charge < -0.3 is 10.5 Å². The van der Waals surface area contributed by atoms with Gasteiger partial charge in [0.2, 0.25) is 0 Å². The normalized spacial score (nSPS) is 16.3. The van der Waals surface area contributed by atoms with Crippen LogP contribution < -0.4 is 10.5 Å². The second kappa shape index (κ2) is 5.84. The Morgan fingerprint density at radius 1 is 1.20 bits per heavy atom. The Labute approximate surface area is 120 Å². The SMILES string of the molecule is CCC(N)Cc1c(OCC2CC2)ccc2ccccc12. The van der Waals surface area contributed by atoms with E-state index < -0.39 is 0 Å². The second-order valence-electron chi connectivity index (χ2n) is 5.89. The maximum absolute atomic E-state index is 6.18. The minimum Gasteiger partial charge on any atom is -0.493 e. The largest absolute Gasteiger partial charge is 0.493 e. The van der Waals surface area contributed by atoms with Crippen LogP contribution in [0.1, 0.15) is 31.7 Å². The molecule has 0 heterocycles. The lowest BCUT2D eigenvalue weighted by Crippen LogP contribution is -2.22. The zero-order valence-electron chi connectivity index (χ0n) is 12.1. The average molecular weight is 269 g/mol.